The van der Waals surface area contributed by atoms with Crippen molar-refractivity contribution in [3.8, 4) is 0 Å². The topological polar surface area (TPSA) is 108 Å². The van der Waals surface area contributed by atoms with Gasteiger partial charge in [-0.3, -0.25) is 14.4 Å². The van der Waals surface area contributed by atoms with Crippen LogP contribution in [0.4, 0.5) is 0 Å². The van der Waals surface area contributed by atoms with E-state index in [9.17, 15) is 19.5 Å². The predicted molar refractivity (Wildman–Crippen MR) is 63.5 cm³/mol. The number of aliphatic hydroxyl groups is 1. The average molecular weight is 290 g/mol. The molecule has 0 amide bonds. The minimum absolute atomic E-state index is 0.0689. The van der Waals surface area contributed by atoms with E-state index in [1.807, 2.05) is 0 Å². The Morgan fingerprint density at radius 2 is 1.50 bits per heavy atom. The van der Waals surface area contributed by atoms with E-state index >= 15 is 0 Å². The van der Waals surface area contributed by atoms with Gasteiger partial charge in [-0.15, -0.1) is 0 Å². The van der Waals surface area contributed by atoms with Crippen molar-refractivity contribution in [1.82, 2.24) is 0 Å². The Balaban J connectivity index is 2.95. The molecule has 0 aromatic carbocycles. The van der Waals surface area contributed by atoms with Crippen molar-refractivity contribution >= 4 is 17.9 Å². The van der Waals surface area contributed by atoms with Crippen LogP contribution in [0.2, 0.25) is 0 Å². The molecule has 0 aliphatic carbocycles. The summed E-state index contributed by atoms with van der Waals surface area (Å²) in [5.74, 6) is -1.83. The Bertz CT molecular complexity index is 380. The minimum atomic E-state index is -1.04. The van der Waals surface area contributed by atoms with Gasteiger partial charge in [0.2, 0.25) is 0 Å². The van der Waals surface area contributed by atoms with Gasteiger partial charge < -0.3 is 24.1 Å². The first-order chi connectivity index (χ1) is 9.35. The van der Waals surface area contributed by atoms with Gasteiger partial charge in [-0.05, 0) is 0 Å². The first-order valence-corrected chi connectivity index (χ1v) is 6.09. The van der Waals surface area contributed by atoms with Crippen molar-refractivity contribution in [2.24, 2.45) is 0 Å². The number of aliphatic hydroxyl groups excluding tert-OH is 1. The molecule has 1 heterocycles. The summed E-state index contributed by atoms with van der Waals surface area (Å²) < 4.78 is 20.4. The molecular weight excluding hydrogens is 272 g/mol. The number of rotatable bonds is 4. The van der Waals surface area contributed by atoms with Crippen molar-refractivity contribution < 1.29 is 38.4 Å². The quantitative estimate of drug-likeness (QED) is 0.528. The van der Waals surface area contributed by atoms with Crippen LogP contribution < -0.4 is 0 Å². The Labute approximate surface area is 115 Å². The highest BCUT2D eigenvalue weighted by Gasteiger charge is 2.46. The van der Waals surface area contributed by atoms with Crippen LogP contribution in [0.3, 0.4) is 0 Å². The van der Waals surface area contributed by atoms with Gasteiger partial charge >= 0.3 is 17.9 Å². The molecule has 0 aromatic heterocycles. The van der Waals surface area contributed by atoms with Gasteiger partial charge in [0.25, 0.3) is 0 Å². The largest absolute Gasteiger partial charge is 0.456 e. The lowest BCUT2D eigenvalue weighted by Crippen LogP contribution is -2.58. The molecular formula is C12H18O8. The summed E-state index contributed by atoms with van der Waals surface area (Å²) in [5.41, 5.74) is 0. The smallest absolute Gasteiger partial charge is 0.303 e. The Morgan fingerprint density at radius 1 is 1.00 bits per heavy atom. The molecule has 1 aliphatic heterocycles. The summed E-state index contributed by atoms with van der Waals surface area (Å²) in [7, 11) is 0. The molecule has 0 radical (unpaired) electrons. The third-order valence-corrected chi connectivity index (χ3v) is 2.63. The van der Waals surface area contributed by atoms with E-state index in [0.717, 1.165) is 0 Å². The third-order valence-electron chi connectivity index (χ3n) is 2.63. The second-order valence-corrected chi connectivity index (χ2v) is 4.35. The number of carbonyl (C=O) groups is 3. The van der Waals surface area contributed by atoms with Gasteiger partial charge in [-0.25, -0.2) is 0 Å². The van der Waals surface area contributed by atoms with Crippen LogP contribution in [0.5, 0.6) is 0 Å². The van der Waals surface area contributed by atoms with Crippen LogP contribution >= 0.6 is 0 Å². The molecule has 1 rings (SSSR count). The summed E-state index contributed by atoms with van der Waals surface area (Å²) in [6.07, 6.45) is -3.82. The van der Waals surface area contributed by atoms with Gasteiger partial charge in [0.05, 0.1) is 13.2 Å². The van der Waals surface area contributed by atoms with E-state index in [2.05, 4.69) is 0 Å². The van der Waals surface area contributed by atoms with Crippen molar-refractivity contribution in [1.29, 1.82) is 0 Å². The molecule has 8 nitrogen and oxygen atoms in total. The maximum Gasteiger partial charge on any atom is 0.303 e. The predicted octanol–water partition coefficient (Wildman–Crippen LogP) is -0.827. The van der Waals surface area contributed by atoms with Gasteiger partial charge in [0.1, 0.15) is 6.10 Å². The number of carbonyl (C=O) groups excluding carboxylic acids is 3. The highest BCUT2D eigenvalue weighted by atomic mass is 16.6. The molecule has 114 valence electrons. The van der Waals surface area contributed by atoms with Crippen LogP contribution in [-0.4, -0.2) is 60.6 Å². The third kappa shape index (κ3) is 4.46. The molecule has 0 saturated carbocycles. The van der Waals surface area contributed by atoms with Crippen LogP contribution in [0.25, 0.3) is 0 Å². The molecule has 1 aliphatic rings. The van der Waals surface area contributed by atoms with Crippen LogP contribution in [0.1, 0.15) is 20.8 Å². The summed E-state index contributed by atoms with van der Waals surface area (Å²) in [6.45, 7) is 3.06. The molecule has 1 N–H and O–H groups in total. The van der Waals surface area contributed by atoms with Crippen molar-refractivity contribution in [3.05, 3.63) is 0 Å². The number of esters is 3. The Morgan fingerprint density at radius 3 is 1.95 bits per heavy atom. The van der Waals surface area contributed by atoms with Crippen LogP contribution in [0, 0.1) is 0 Å². The zero-order valence-electron chi connectivity index (χ0n) is 11.5. The zero-order valence-corrected chi connectivity index (χ0v) is 11.5. The lowest BCUT2D eigenvalue weighted by Gasteiger charge is -2.39. The summed E-state index contributed by atoms with van der Waals surface area (Å²) in [6, 6.07) is 0. The molecule has 4 atom stereocenters. The van der Waals surface area contributed by atoms with E-state index in [1.165, 1.54) is 20.8 Å². The number of ether oxygens (including phenoxy) is 4. The van der Waals surface area contributed by atoms with E-state index in [-0.39, 0.29) is 6.61 Å². The molecule has 0 aromatic rings. The highest BCUT2D eigenvalue weighted by molar-refractivity contribution is 5.68. The molecule has 0 bridgehead atoms. The fourth-order valence-corrected chi connectivity index (χ4v) is 1.97. The molecule has 0 spiro atoms. The highest BCUT2D eigenvalue weighted by Crippen LogP contribution is 2.24. The normalized spacial score (nSPS) is 29.4. The fraction of sp³-hybridized carbons (Fsp3) is 0.750. The van der Waals surface area contributed by atoms with Crippen molar-refractivity contribution in [2.75, 3.05) is 13.2 Å². The molecule has 1 fully saturated rings. The van der Waals surface area contributed by atoms with Crippen molar-refractivity contribution in [2.45, 2.75) is 45.2 Å². The fourth-order valence-electron chi connectivity index (χ4n) is 1.97. The van der Waals surface area contributed by atoms with Crippen molar-refractivity contribution in [3.63, 3.8) is 0 Å². The second kappa shape index (κ2) is 7.20. The lowest BCUT2D eigenvalue weighted by molar-refractivity contribution is -0.229. The summed E-state index contributed by atoms with van der Waals surface area (Å²) in [4.78, 5) is 33.3. The van der Waals surface area contributed by atoms with E-state index in [4.69, 9.17) is 18.9 Å². The van der Waals surface area contributed by atoms with Crippen LogP contribution in [-0.2, 0) is 33.3 Å². The molecule has 1 saturated heterocycles. The van der Waals surface area contributed by atoms with E-state index in [1.54, 1.807) is 0 Å². The zero-order chi connectivity index (χ0) is 15.3. The molecule has 20 heavy (non-hydrogen) atoms. The van der Waals surface area contributed by atoms with Gasteiger partial charge in [-0.2, -0.15) is 0 Å². The maximum atomic E-state index is 11.2. The first-order valence-electron chi connectivity index (χ1n) is 6.09. The van der Waals surface area contributed by atoms with E-state index in [0.29, 0.717) is 0 Å². The SMILES string of the molecule is CC(=O)O[C@H]1[C@H](OC(C)=O)[C@@H](CO)OC[C@@H]1OC(C)=O. The molecule has 0 unspecified atom stereocenters. The lowest BCUT2D eigenvalue weighted by atomic mass is 9.99. The van der Waals surface area contributed by atoms with Gasteiger partial charge in [-0.1, -0.05) is 0 Å². The van der Waals surface area contributed by atoms with Gasteiger partial charge in [0.15, 0.2) is 18.3 Å². The Hall–Kier alpha value is -1.67. The standard InChI is InChI=1S/C12H18O8/c1-6(14)18-10-5-17-9(4-13)11(19-7(2)15)12(10)20-8(3)16/h9-13H,4-5H2,1-3H3/t9-,10+,11-,12-/m1/s1. The summed E-state index contributed by atoms with van der Waals surface area (Å²) in [5, 5.41) is 9.23. The second-order valence-electron chi connectivity index (χ2n) is 4.35. The number of hydrogen-bond donors (Lipinski definition) is 1. The summed E-state index contributed by atoms with van der Waals surface area (Å²) >= 11 is 0. The number of hydrogen-bond acceptors (Lipinski definition) is 8. The first kappa shape index (κ1) is 16.4. The average Bonchev–Trinajstić information content (AvgIpc) is 2.31. The minimum Gasteiger partial charge on any atom is -0.456 e. The monoisotopic (exact) mass is 290 g/mol. The van der Waals surface area contributed by atoms with E-state index < -0.39 is 48.9 Å². The molecule has 8 heteroatoms. The Kier molecular flexibility index (Phi) is 5.90. The van der Waals surface area contributed by atoms with Crippen LogP contribution in [0.15, 0.2) is 0 Å². The maximum absolute atomic E-state index is 11.2. The van der Waals surface area contributed by atoms with Gasteiger partial charge in [0, 0.05) is 20.8 Å².